The molecule has 0 spiro atoms. The third kappa shape index (κ3) is 6.47. The van der Waals surface area contributed by atoms with Crippen molar-refractivity contribution in [3.05, 3.63) is 64.9 Å². The highest BCUT2D eigenvalue weighted by molar-refractivity contribution is 8.00. The van der Waals surface area contributed by atoms with Gasteiger partial charge in [0.15, 0.2) is 0 Å². The Bertz CT molecular complexity index is 855. The van der Waals surface area contributed by atoms with Crippen LogP contribution in [0.3, 0.4) is 0 Å². The predicted octanol–water partition coefficient (Wildman–Crippen LogP) is 5.05. The molecule has 0 heterocycles. The Morgan fingerprint density at radius 1 is 1.13 bits per heavy atom. The van der Waals surface area contributed by atoms with E-state index in [0.29, 0.717) is 5.02 Å². The maximum absolute atomic E-state index is 13.3. The van der Waals surface area contributed by atoms with Gasteiger partial charge in [0.25, 0.3) is 0 Å². The van der Waals surface area contributed by atoms with E-state index in [1.807, 2.05) is 12.1 Å². The largest absolute Gasteiger partial charge is 0.352 e. The minimum Gasteiger partial charge on any atom is -0.352 e. The molecule has 160 valence electrons. The molecule has 2 amide bonds. The number of nitrogens with one attached hydrogen (secondary N) is 1. The van der Waals surface area contributed by atoms with Gasteiger partial charge in [-0.15, -0.1) is 11.8 Å². The zero-order valence-electron chi connectivity index (χ0n) is 16.9. The molecule has 0 radical (unpaired) electrons. The van der Waals surface area contributed by atoms with Gasteiger partial charge in [-0.3, -0.25) is 9.59 Å². The molecule has 0 bridgehead atoms. The van der Waals surface area contributed by atoms with Gasteiger partial charge in [-0.2, -0.15) is 0 Å². The summed E-state index contributed by atoms with van der Waals surface area (Å²) in [5.74, 6) is -0.423. The first kappa shape index (κ1) is 22.6. The van der Waals surface area contributed by atoms with Crippen LogP contribution < -0.4 is 5.32 Å². The molecule has 1 saturated carbocycles. The van der Waals surface area contributed by atoms with Crippen molar-refractivity contribution in [2.24, 2.45) is 0 Å². The Morgan fingerprint density at radius 2 is 1.77 bits per heavy atom. The minimum atomic E-state index is -0.617. The fourth-order valence-electron chi connectivity index (χ4n) is 3.52. The zero-order chi connectivity index (χ0) is 21.5. The second-order valence-electron chi connectivity index (χ2n) is 7.56. The average molecular weight is 449 g/mol. The molecule has 30 heavy (non-hydrogen) atoms. The zero-order valence-corrected chi connectivity index (χ0v) is 18.5. The number of rotatable bonds is 8. The van der Waals surface area contributed by atoms with E-state index in [1.165, 1.54) is 23.9 Å². The fourth-order valence-corrected chi connectivity index (χ4v) is 4.43. The third-order valence-corrected chi connectivity index (χ3v) is 6.56. The number of halogens is 2. The van der Waals surface area contributed by atoms with Crippen LogP contribution in [0, 0.1) is 5.82 Å². The summed E-state index contributed by atoms with van der Waals surface area (Å²) in [5, 5.41) is 3.71. The normalized spacial score (nSPS) is 15.0. The van der Waals surface area contributed by atoms with E-state index in [2.05, 4.69) is 5.32 Å². The molecule has 0 saturated heterocycles. The summed E-state index contributed by atoms with van der Waals surface area (Å²) in [7, 11) is 0. The van der Waals surface area contributed by atoms with Gasteiger partial charge in [0.05, 0.1) is 5.75 Å². The number of hydrogen-bond acceptors (Lipinski definition) is 3. The van der Waals surface area contributed by atoms with E-state index < -0.39 is 6.04 Å². The van der Waals surface area contributed by atoms with E-state index in [0.717, 1.165) is 36.1 Å². The first-order valence-electron chi connectivity index (χ1n) is 10.1. The second kappa shape index (κ2) is 10.8. The van der Waals surface area contributed by atoms with Crippen LogP contribution in [0.1, 0.15) is 38.2 Å². The maximum Gasteiger partial charge on any atom is 0.242 e. The number of benzene rings is 2. The lowest BCUT2D eigenvalue weighted by Gasteiger charge is -2.29. The Labute approximate surface area is 186 Å². The predicted molar refractivity (Wildman–Crippen MR) is 119 cm³/mol. The van der Waals surface area contributed by atoms with E-state index in [9.17, 15) is 14.0 Å². The molecule has 1 N–H and O–H groups in total. The SMILES string of the molecule is C[C@H](C(=O)NC1CCCC1)N(Cc1ccc(F)cc1)C(=O)CSc1ccc(Cl)cc1. The highest BCUT2D eigenvalue weighted by Crippen LogP contribution is 2.22. The van der Waals surface area contributed by atoms with Crippen LogP contribution in [-0.4, -0.2) is 34.6 Å². The summed E-state index contributed by atoms with van der Waals surface area (Å²) in [6.07, 6.45) is 4.21. The Kier molecular flexibility index (Phi) is 8.16. The van der Waals surface area contributed by atoms with Gasteiger partial charge < -0.3 is 10.2 Å². The Hall–Kier alpha value is -2.05. The van der Waals surface area contributed by atoms with Gasteiger partial charge in [0, 0.05) is 22.5 Å². The standard InChI is InChI=1S/C23H26ClFN2O2S/c1-16(23(29)26-20-4-2-3-5-20)27(14-17-6-10-19(25)11-7-17)22(28)15-30-21-12-8-18(24)9-13-21/h6-13,16,20H,2-5,14-15H2,1H3,(H,26,29)/t16-/m1/s1. The smallest absolute Gasteiger partial charge is 0.242 e. The molecule has 0 aliphatic heterocycles. The lowest BCUT2D eigenvalue weighted by atomic mass is 10.1. The molecule has 2 aromatic rings. The van der Waals surface area contributed by atoms with Crippen molar-refractivity contribution in [2.45, 2.75) is 56.1 Å². The van der Waals surface area contributed by atoms with Gasteiger partial charge in [-0.05, 0) is 61.7 Å². The van der Waals surface area contributed by atoms with Crippen molar-refractivity contribution in [3.8, 4) is 0 Å². The van der Waals surface area contributed by atoms with Crippen LogP contribution in [0.15, 0.2) is 53.4 Å². The van der Waals surface area contributed by atoms with Gasteiger partial charge >= 0.3 is 0 Å². The van der Waals surface area contributed by atoms with Crippen molar-refractivity contribution in [1.82, 2.24) is 10.2 Å². The van der Waals surface area contributed by atoms with Crippen molar-refractivity contribution in [1.29, 1.82) is 0 Å². The van der Waals surface area contributed by atoms with Crippen molar-refractivity contribution >= 4 is 35.2 Å². The van der Waals surface area contributed by atoms with E-state index in [1.54, 1.807) is 36.1 Å². The van der Waals surface area contributed by atoms with E-state index in [4.69, 9.17) is 11.6 Å². The molecule has 3 rings (SSSR count). The molecule has 0 aromatic heterocycles. The quantitative estimate of drug-likeness (QED) is 0.575. The van der Waals surface area contributed by atoms with Crippen LogP contribution in [-0.2, 0) is 16.1 Å². The third-order valence-electron chi connectivity index (χ3n) is 5.31. The molecule has 2 aromatic carbocycles. The van der Waals surface area contributed by atoms with Gasteiger partial charge in [-0.25, -0.2) is 4.39 Å². The Morgan fingerprint density at radius 3 is 2.40 bits per heavy atom. The van der Waals surface area contributed by atoms with Gasteiger partial charge in [0.2, 0.25) is 11.8 Å². The summed E-state index contributed by atoms with van der Waals surface area (Å²) >= 11 is 7.32. The molecule has 7 heteroatoms. The summed E-state index contributed by atoms with van der Waals surface area (Å²) in [6, 6.07) is 12.9. The molecule has 4 nitrogen and oxygen atoms in total. The Balaban J connectivity index is 1.69. The highest BCUT2D eigenvalue weighted by atomic mass is 35.5. The molecule has 1 fully saturated rings. The van der Waals surface area contributed by atoms with Gasteiger partial charge in [0.1, 0.15) is 11.9 Å². The topological polar surface area (TPSA) is 49.4 Å². The molecule has 1 atom stereocenters. The summed E-state index contributed by atoms with van der Waals surface area (Å²) < 4.78 is 13.3. The van der Waals surface area contributed by atoms with Crippen molar-refractivity contribution in [3.63, 3.8) is 0 Å². The molecule has 1 aliphatic carbocycles. The highest BCUT2D eigenvalue weighted by Gasteiger charge is 2.28. The number of hydrogen-bond donors (Lipinski definition) is 1. The second-order valence-corrected chi connectivity index (χ2v) is 9.04. The first-order valence-corrected chi connectivity index (χ1v) is 11.5. The summed E-state index contributed by atoms with van der Waals surface area (Å²) in [4.78, 5) is 28.4. The maximum atomic E-state index is 13.3. The molecular formula is C23H26ClFN2O2S. The fraction of sp³-hybridized carbons (Fsp3) is 0.391. The molecular weight excluding hydrogens is 423 g/mol. The lowest BCUT2D eigenvalue weighted by molar-refractivity contribution is -0.138. The van der Waals surface area contributed by atoms with Crippen LogP contribution >= 0.6 is 23.4 Å². The van der Waals surface area contributed by atoms with Gasteiger partial charge in [-0.1, -0.05) is 36.6 Å². The summed E-state index contributed by atoms with van der Waals surface area (Å²) in [5.41, 5.74) is 0.779. The van der Waals surface area contributed by atoms with Crippen molar-refractivity contribution in [2.75, 3.05) is 5.75 Å². The molecule has 1 aliphatic rings. The van der Waals surface area contributed by atoms with Crippen LogP contribution in [0.25, 0.3) is 0 Å². The van der Waals surface area contributed by atoms with Crippen molar-refractivity contribution < 1.29 is 14.0 Å². The average Bonchev–Trinajstić information content (AvgIpc) is 3.25. The van der Waals surface area contributed by atoms with Crippen LogP contribution in [0.2, 0.25) is 5.02 Å². The molecule has 0 unspecified atom stereocenters. The number of thioether (sulfide) groups is 1. The summed E-state index contributed by atoms with van der Waals surface area (Å²) in [6.45, 7) is 2.00. The minimum absolute atomic E-state index is 0.145. The number of nitrogens with zero attached hydrogens (tertiary/aromatic N) is 1. The number of amides is 2. The number of carbonyl (C=O) groups excluding carboxylic acids is 2. The first-order chi connectivity index (χ1) is 14.4. The number of carbonyl (C=O) groups is 2. The lowest BCUT2D eigenvalue weighted by Crippen LogP contribution is -2.50. The monoisotopic (exact) mass is 448 g/mol. The van der Waals surface area contributed by atoms with E-state index in [-0.39, 0.29) is 36.0 Å². The van der Waals surface area contributed by atoms with Crippen LogP contribution in [0.5, 0.6) is 0 Å². The van der Waals surface area contributed by atoms with E-state index >= 15 is 0 Å². The van der Waals surface area contributed by atoms with Crippen LogP contribution in [0.4, 0.5) is 4.39 Å².